The molecule has 0 bridgehead atoms. The smallest absolute Gasteiger partial charge is 0.330 e. The second kappa shape index (κ2) is 27.3. The zero-order valence-corrected chi connectivity index (χ0v) is 38.9. The molecule has 4 saturated carbocycles. The molecule has 16 heteroatoms. The number of unbranched alkanes of at least 4 members (excludes halogenated alkanes) is 2. The molecule has 0 N–H and O–H groups in total. The molecule has 0 spiro atoms. The van der Waals surface area contributed by atoms with Crippen LogP contribution in [-0.2, 0) is 66.8 Å². The van der Waals surface area contributed by atoms with E-state index in [0.29, 0.717) is 145 Å². The average molecular weight is 937 g/mol. The first-order chi connectivity index (χ1) is 32.3. The summed E-state index contributed by atoms with van der Waals surface area (Å²) in [6.45, 7) is 9.43. The van der Waals surface area contributed by atoms with Crippen LogP contribution in [0.3, 0.4) is 0 Å². The van der Waals surface area contributed by atoms with Gasteiger partial charge in [0.05, 0.1) is 61.9 Å². The molecule has 4 aliphatic rings. The van der Waals surface area contributed by atoms with Gasteiger partial charge in [-0.15, -0.1) is 0 Å². The van der Waals surface area contributed by atoms with Crippen LogP contribution in [0, 0.1) is 42.4 Å². The molecule has 368 valence electrons. The quantitative estimate of drug-likeness (QED) is 0.0358. The fourth-order valence-corrected chi connectivity index (χ4v) is 9.13. The number of carbonyl (C=O) groups is 8. The second-order valence-corrected chi connectivity index (χ2v) is 18.2. The molecule has 4 aliphatic carbocycles. The molecule has 0 aliphatic heterocycles. The maximum Gasteiger partial charge on any atom is 0.330 e. The van der Waals surface area contributed by atoms with Crippen LogP contribution in [0.15, 0.2) is 43.5 Å². The number of aryl methyl sites for hydroxylation is 1. The molecule has 0 saturated heterocycles. The van der Waals surface area contributed by atoms with E-state index in [9.17, 15) is 38.4 Å². The highest BCUT2D eigenvalue weighted by Gasteiger charge is 2.37. The maximum atomic E-state index is 13.2. The third-order valence-corrected chi connectivity index (χ3v) is 13.3. The van der Waals surface area contributed by atoms with Crippen LogP contribution in [0.4, 0.5) is 0 Å². The second-order valence-electron chi connectivity index (χ2n) is 18.2. The van der Waals surface area contributed by atoms with Gasteiger partial charge in [-0.1, -0.05) is 13.2 Å². The fourth-order valence-electron chi connectivity index (χ4n) is 9.13. The minimum absolute atomic E-state index is 0.242. The van der Waals surface area contributed by atoms with Gasteiger partial charge in [0.1, 0.15) is 23.7 Å². The van der Waals surface area contributed by atoms with Crippen molar-refractivity contribution in [3.05, 3.63) is 49.1 Å². The Bertz CT molecular complexity index is 1870. The van der Waals surface area contributed by atoms with E-state index in [1.165, 1.54) is 0 Å². The van der Waals surface area contributed by atoms with Crippen LogP contribution in [0.2, 0.25) is 0 Å². The third kappa shape index (κ3) is 17.2. The first-order valence-corrected chi connectivity index (χ1v) is 24.2. The number of carbonyl (C=O) groups excluding carboxylic acids is 8. The lowest BCUT2D eigenvalue weighted by Gasteiger charge is -2.30. The summed E-state index contributed by atoms with van der Waals surface area (Å²) in [7, 11) is 0. The topological polar surface area (TPSA) is 210 Å². The van der Waals surface area contributed by atoms with Crippen molar-refractivity contribution < 1.29 is 76.3 Å². The van der Waals surface area contributed by atoms with Crippen LogP contribution < -0.4 is 9.47 Å². The lowest BCUT2D eigenvalue weighted by Crippen LogP contribution is -2.33. The van der Waals surface area contributed by atoms with Gasteiger partial charge < -0.3 is 37.9 Å². The van der Waals surface area contributed by atoms with E-state index < -0.39 is 11.9 Å². The Labute approximate surface area is 393 Å². The number of esters is 8. The first kappa shape index (κ1) is 52.4. The summed E-state index contributed by atoms with van der Waals surface area (Å²) in [4.78, 5) is 99.5. The van der Waals surface area contributed by atoms with Crippen molar-refractivity contribution in [2.24, 2.45) is 35.5 Å². The zero-order chi connectivity index (χ0) is 48.1. The van der Waals surface area contributed by atoms with Gasteiger partial charge in [0.25, 0.3) is 0 Å². The van der Waals surface area contributed by atoms with E-state index in [4.69, 9.17) is 37.9 Å². The van der Waals surface area contributed by atoms with Gasteiger partial charge in [0.2, 0.25) is 0 Å². The Morgan fingerprint density at radius 3 is 1.15 bits per heavy atom. The van der Waals surface area contributed by atoms with E-state index in [-0.39, 0.29) is 110 Å². The summed E-state index contributed by atoms with van der Waals surface area (Å²) in [5, 5.41) is 0. The van der Waals surface area contributed by atoms with E-state index in [2.05, 4.69) is 13.2 Å². The Morgan fingerprint density at radius 1 is 0.448 bits per heavy atom. The van der Waals surface area contributed by atoms with Crippen molar-refractivity contribution in [3.63, 3.8) is 0 Å². The van der Waals surface area contributed by atoms with Gasteiger partial charge in [-0.3, -0.25) is 28.8 Å². The Kier molecular flexibility index (Phi) is 21.4. The summed E-state index contributed by atoms with van der Waals surface area (Å²) in [6, 6.07) is 4.88. The van der Waals surface area contributed by atoms with Crippen LogP contribution in [0.1, 0.15) is 134 Å². The molecule has 0 atom stereocenters. The zero-order valence-electron chi connectivity index (χ0n) is 38.9. The van der Waals surface area contributed by atoms with E-state index in [1.54, 1.807) is 25.1 Å². The van der Waals surface area contributed by atoms with Gasteiger partial charge in [-0.25, -0.2) is 9.59 Å². The highest BCUT2D eigenvalue weighted by Crippen LogP contribution is 2.36. The van der Waals surface area contributed by atoms with Crippen molar-refractivity contribution in [2.45, 2.75) is 148 Å². The fraction of sp³-hybridized carbons (Fsp3) is 0.647. The van der Waals surface area contributed by atoms with Crippen molar-refractivity contribution in [1.82, 2.24) is 0 Å². The lowest BCUT2D eigenvalue weighted by molar-refractivity contribution is -0.161. The molecule has 67 heavy (non-hydrogen) atoms. The number of rotatable bonds is 22. The molecule has 0 aromatic heterocycles. The third-order valence-electron chi connectivity index (χ3n) is 13.3. The normalized spacial score (nSPS) is 24.9. The van der Waals surface area contributed by atoms with Gasteiger partial charge in [0.15, 0.2) is 0 Å². The Morgan fingerprint density at radius 2 is 0.776 bits per heavy atom. The molecule has 4 fully saturated rings. The lowest BCUT2D eigenvalue weighted by atomic mass is 9.82. The number of benzene rings is 1. The van der Waals surface area contributed by atoms with Crippen LogP contribution in [0.5, 0.6) is 11.5 Å². The largest absolute Gasteiger partial charge is 0.465 e. The maximum absolute atomic E-state index is 13.2. The van der Waals surface area contributed by atoms with Crippen LogP contribution in [-0.4, -0.2) is 86.4 Å². The summed E-state index contributed by atoms with van der Waals surface area (Å²) < 4.78 is 43.8. The molecule has 0 unspecified atom stereocenters. The molecule has 16 nitrogen and oxygen atoms in total. The van der Waals surface area contributed by atoms with Crippen molar-refractivity contribution in [3.8, 4) is 11.5 Å². The number of hydrogen-bond donors (Lipinski definition) is 0. The monoisotopic (exact) mass is 936 g/mol. The Hall–Kier alpha value is -5.54. The van der Waals surface area contributed by atoms with Gasteiger partial charge in [0, 0.05) is 12.2 Å². The number of ether oxygens (including phenoxy) is 8. The molecule has 5 rings (SSSR count). The number of hydrogen-bond acceptors (Lipinski definition) is 16. The van der Waals surface area contributed by atoms with Crippen molar-refractivity contribution in [2.75, 3.05) is 26.4 Å². The highest BCUT2D eigenvalue weighted by atomic mass is 16.6. The van der Waals surface area contributed by atoms with E-state index in [1.807, 2.05) is 0 Å². The van der Waals surface area contributed by atoms with Crippen LogP contribution in [0.25, 0.3) is 0 Å². The minimum atomic E-state index is -0.482. The van der Waals surface area contributed by atoms with Crippen molar-refractivity contribution in [1.29, 1.82) is 0 Å². The minimum Gasteiger partial charge on any atom is -0.465 e. The van der Waals surface area contributed by atoms with E-state index in [0.717, 1.165) is 12.2 Å². The van der Waals surface area contributed by atoms with Gasteiger partial charge in [-0.2, -0.15) is 0 Å². The van der Waals surface area contributed by atoms with Crippen LogP contribution >= 0.6 is 0 Å². The molecule has 0 radical (unpaired) electrons. The molecular weight excluding hydrogens is 869 g/mol. The molecule has 1 aromatic carbocycles. The van der Waals surface area contributed by atoms with Gasteiger partial charge >= 0.3 is 47.8 Å². The SMILES string of the molecule is C=CC(=O)OCCCCOC(=O)[C@H]1CC[C@H](C(=O)O[C@H]2CC[C@H](C(=O)Oc3ccc(OC(=O)[C@H]4CC[C@H](OC(=O)[C@H]5CC[C@H](C(=O)OCCCCOC(=O)C=C)CC5)CC4)c(C)c3)CC2)CC1. The first-order valence-electron chi connectivity index (χ1n) is 24.2. The Balaban J connectivity index is 0.915. The molecule has 1 aromatic rings. The average Bonchev–Trinajstić information content (AvgIpc) is 3.34. The molecule has 0 amide bonds. The summed E-state index contributed by atoms with van der Waals surface area (Å²) in [6.07, 6.45) is 12.6. The summed E-state index contributed by atoms with van der Waals surface area (Å²) >= 11 is 0. The standard InChI is InChI=1S/C51H68O16/c1-4-44(52)60-28-6-8-30-62-46(54)34-10-14-36(15-11-34)48(56)64-40-22-18-38(19-23-40)50(58)66-42-26-27-43(33(3)32-42)67-51(59)39-20-24-41(25-21-39)65-49(57)37-16-12-35(13-17-37)47(55)63-31-9-7-29-61-45(53)5-2/h4-5,26-27,32,34-41H,1-2,6-25,28-31H2,3H3/t34-,35-,36-,37-,38-,39-,40-,41-. The van der Waals surface area contributed by atoms with Gasteiger partial charge in [-0.05, 0) is 159 Å². The predicted octanol–water partition coefficient (Wildman–Crippen LogP) is 7.73. The predicted molar refractivity (Wildman–Crippen MR) is 240 cm³/mol. The van der Waals surface area contributed by atoms with Crippen molar-refractivity contribution >= 4 is 47.8 Å². The molecule has 0 heterocycles. The highest BCUT2D eigenvalue weighted by molar-refractivity contribution is 5.81. The van der Waals surface area contributed by atoms with E-state index >= 15 is 0 Å². The summed E-state index contributed by atoms with van der Waals surface area (Å²) in [5.74, 6) is -3.79. The summed E-state index contributed by atoms with van der Waals surface area (Å²) in [5.41, 5.74) is 0.634. The molecular formula is C51H68O16.